The highest BCUT2D eigenvalue weighted by molar-refractivity contribution is 5.01. The summed E-state index contributed by atoms with van der Waals surface area (Å²) in [7, 11) is 2.30. The summed E-state index contributed by atoms with van der Waals surface area (Å²) in [6.45, 7) is 3.94. The lowest BCUT2D eigenvalue weighted by molar-refractivity contribution is 0.133. The lowest BCUT2D eigenvalue weighted by Gasteiger charge is -2.36. The lowest BCUT2D eigenvalue weighted by atomic mass is 9.91. The van der Waals surface area contributed by atoms with Gasteiger partial charge in [-0.1, -0.05) is 0 Å². The first-order valence-corrected chi connectivity index (χ1v) is 7.43. The van der Waals surface area contributed by atoms with E-state index in [1.807, 2.05) is 19.2 Å². The van der Waals surface area contributed by atoms with Crippen LogP contribution in [0.25, 0.3) is 0 Å². The van der Waals surface area contributed by atoms with Gasteiger partial charge in [0.15, 0.2) is 0 Å². The second kappa shape index (κ2) is 5.55. The van der Waals surface area contributed by atoms with Gasteiger partial charge in [0.1, 0.15) is 5.82 Å². The molecule has 1 aromatic rings. The van der Waals surface area contributed by atoms with Crippen molar-refractivity contribution in [1.29, 1.82) is 0 Å². The molecule has 4 nitrogen and oxygen atoms in total. The Balaban J connectivity index is 1.46. The highest BCUT2D eigenvalue weighted by Crippen LogP contribution is 2.36. The van der Waals surface area contributed by atoms with Gasteiger partial charge in [0.2, 0.25) is 0 Å². The SMILES string of the molecule is Cc1nccc(CNCC2CC3CCC(C2)N3C)n1. The molecule has 4 heteroatoms. The number of aromatic nitrogens is 2. The number of hydrogen-bond acceptors (Lipinski definition) is 4. The van der Waals surface area contributed by atoms with E-state index in [4.69, 9.17) is 0 Å². The second-order valence-electron chi connectivity index (χ2n) is 6.11. The van der Waals surface area contributed by atoms with Gasteiger partial charge in [0.05, 0.1) is 5.69 Å². The summed E-state index contributed by atoms with van der Waals surface area (Å²) in [4.78, 5) is 11.2. The van der Waals surface area contributed by atoms with Crippen LogP contribution in [-0.4, -0.2) is 40.5 Å². The molecule has 0 saturated carbocycles. The van der Waals surface area contributed by atoms with Crippen molar-refractivity contribution < 1.29 is 0 Å². The maximum atomic E-state index is 4.43. The standard InChI is InChI=1S/C15H24N4/c1-11-17-6-5-13(18-11)10-16-9-12-7-14-3-4-15(8-12)19(14)2/h5-6,12,14-16H,3-4,7-10H2,1-2H3. The molecule has 3 heterocycles. The van der Waals surface area contributed by atoms with Crippen molar-refractivity contribution >= 4 is 0 Å². The van der Waals surface area contributed by atoms with Crippen LogP contribution in [0.4, 0.5) is 0 Å². The van der Waals surface area contributed by atoms with E-state index >= 15 is 0 Å². The van der Waals surface area contributed by atoms with Gasteiger partial charge in [-0.2, -0.15) is 0 Å². The molecule has 0 aliphatic carbocycles. The van der Waals surface area contributed by atoms with E-state index < -0.39 is 0 Å². The van der Waals surface area contributed by atoms with Crippen LogP contribution in [0.15, 0.2) is 12.3 Å². The molecule has 2 bridgehead atoms. The highest BCUT2D eigenvalue weighted by Gasteiger charge is 2.37. The fraction of sp³-hybridized carbons (Fsp3) is 0.733. The van der Waals surface area contributed by atoms with Crippen molar-refractivity contribution in [1.82, 2.24) is 20.2 Å². The topological polar surface area (TPSA) is 41.1 Å². The second-order valence-corrected chi connectivity index (χ2v) is 6.11. The monoisotopic (exact) mass is 260 g/mol. The molecule has 1 aromatic heterocycles. The molecule has 0 amide bonds. The number of piperidine rings is 1. The van der Waals surface area contributed by atoms with Crippen molar-refractivity contribution in [3.63, 3.8) is 0 Å². The molecule has 2 unspecified atom stereocenters. The largest absolute Gasteiger partial charge is 0.311 e. The van der Waals surface area contributed by atoms with Crippen LogP contribution in [0.2, 0.25) is 0 Å². The third-order valence-electron chi connectivity index (χ3n) is 4.77. The average molecular weight is 260 g/mol. The first-order chi connectivity index (χ1) is 9.22. The van der Waals surface area contributed by atoms with E-state index in [0.717, 1.165) is 42.6 Å². The maximum absolute atomic E-state index is 4.43. The summed E-state index contributed by atoms with van der Waals surface area (Å²) in [5, 5.41) is 3.57. The van der Waals surface area contributed by atoms with Crippen LogP contribution in [0.5, 0.6) is 0 Å². The first kappa shape index (κ1) is 13.0. The Bertz CT molecular complexity index is 420. The third-order valence-corrected chi connectivity index (χ3v) is 4.77. The fourth-order valence-electron chi connectivity index (χ4n) is 3.70. The molecule has 2 aliphatic rings. The summed E-state index contributed by atoms with van der Waals surface area (Å²) in [6, 6.07) is 3.68. The van der Waals surface area contributed by atoms with Gasteiger partial charge >= 0.3 is 0 Å². The Morgan fingerprint density at radius 1 is 1.32 bits per heavy atom. The predicted octanol–water partition coefficient (Wildman–Crippen LogP) is 1.75. The minimum Gasteiger partial charge on any atom is -0.311 e. The smallest absolute Gasteiger partial charge is 0.125 e. The molecule has 0 aromatic carbocycles. The predicted molar refractivity (Wildman–Crippen MR) is 75.8 cm³/mol. The van der Waals surface area contributed by atoms with Crippen LogP contribution in [0.3, 0.4) is 0 Å². The van der Waals surface area contributed by atoms with Gasteiger partial charge in [0.25, 0.3) is 0 Å². The van der Waals surface area contributed by atoms with Gasteiger partial charge in [0, 0.05) is 24.8 Å². The van der Waals surface area contributed by atoms with E-state index in [1.54, 1.807) is 0 Å². The Labute approximate surface area is 115 Å². The first-order valence-electron chi connectivity index (χ1n) is 7.43. The molecular formula is C15H24N4. The van der Waals surface area contributed by atoms with Crippen molar-refractivity contribution in [2.45, 2.75) is 51.2 Å². The maximum Gasteiger partial charge on any atom is 0.125 e. The molecule has 104 valence electrons. The number of aryl methyl sites for hydroxylation is 1. The van der Waals surface area contributed by atoms with E-state index in [0.29, 0.717) is 0 Å². The fourth-order valence-corrected chi connectivity index (χ4v) is 3.70. The van der Waals surface area contributed by atoms with E-state index in [1.165, 1.54) is 25.7 Å². The Morgan fingerprint density at radius 3 is 2.74 bits per heavy atom. The molecule has 2 aliphatic heterocycles. The lowest BCUT2D eigenvalue weighted by Crippen LogP contribution is -2.42. The number of hydrogen-bond donors (Lipinski definition) is 1. The molecule has 2 saturated heterocycles. The van der Waals surface area contributed by atoms with Gasteiger partial charge in [-0.3, -0.25) is 0 Å². The van der Waals surface area contributed by atoms with Crippen LogP contribution in [0, 0.1) is 12.8 Å². The number of nitrogens with zero attached hydrogens (tertiary/aromatic N) is 3. The molecule has 0 spiro atoms. The average Bonchev–Trinajstić information content (AvgIpc) is 2.63. The van der Waals surface area contributed by atoms with Crippen LogP contribution in [-0.2, 0) is 6.54 Å². The van der Waals surface area contributed by atoms with Gasteiger partial charge in [-0.05, 0) is 58.2 Å². The van der Waals surface area contributed by atoms with E-state index in [2.05, 4.69) is 27.2 Å². The molecule has 2 fully saturated rings. The van der Waals surface area contributed by atoms with Crippen molar-refractivity contribution in [3.8, 4) is 0 Å². The third kappa shape index (κ3) is 2.95. The minimum absolute atomic E-state index is 0.840. The molecule has 2 atom stereocenters. The molecule has 1 N–H and O–H groups in total. The van der Waals surface area contributed by atoms with Gasteiger partial charge in [-0.15, -0.1) is 0 Å². The Hall–Kier alpha value is -1.00. The molecular weight excluding hydrogens is 236 g/mol. The summed E-state index contributed by atoms with van der Waals surface area (Å²) in [5.41, 5.74) is 1.10. The Morgan fingerprint density at radius 2 is 2.05 bits per heavy atom. The zero-order valence-corrected chi connectivity index (χ0v) is 12.0. The van der Waals surface area contributed by atoms with Gasteiger partial charge in [-0.25, -0.2) is 9.97 Å². The number of rotatable bonds is 4. The summed E-state index contributed by atoms with van der Waals surface area (Å²) in [5.74, 6) is 1.70. The summed E-state index contributed by atoms with van der Waals surface area (Å²) < 4.78 is 0. The van der Waals surface area contributed by atoms with E-state index in [9.17, 15) is 0 Å². The van der Waals surface area contributed by atoms with Crippen molar-refractivity contribution in [3.05, 3.63) is 23.8 Å². The molecule has 0 radical (unpaired) electrons. The highest BCUT2D eigenvalue weighted by atomic mass is 15.2. The number of fused-ring (bicyclic) bond motifs is 2. The summed E-state index contributed by atoms with van der Waals surface area (Å²) in [6.07, 6.45) is 7.38. The normalized spacial score (nSPS) is 30.7. The van der Waals surface area contributed by atoms with E-state index in [-0.39, 0.29) is 0 Å². The minimum atomic E-state index is 0.840. The van der Waals surface area contributed by atoms with Crippen LogP contribution < -0.4 is 5.32 Å². The quantitative estimate of drug-likeness (QED) is 0.895. The van der Waals surface area contributed by atoms with Crippen molar-refractivity contribution in [2.24, 2.45) is 5.92 Å². The van der Waals surface area contributed by atoms with Crippen LogP contribution >= 0.6 is 0 Å². The zero-order valence-electron chi connectivity index (χ0n) is 12.0. The van der Waals surface area contributed by atoms with Gasteiger partial charge < -0.3 is 10.2 Å². The number of nitrogens with one attached hydrogen (secondary N) is 1. The Kier molecular flexibility index (Phi) is 3.80. The van der Waals surface area contributed by atoms with Crippen LogP contribution in [0.1, 0.15) is 37.2 Å². The molecule has 3 rings (SSSR count). The zero-order chi connectivity index (χ0) is 13.2. The van der Waals surface area contributed by atoms with Crippen molar-refractivity contribution in [2.75, 3.05) is 13.6 Å². The molecule has 19 heavy (non-hydrogen) atoms. The summed E-state index contributed by atoms with van der Waals surface area (Å²) >= 11 is 0.